The van der Waals surface area contributed by atoms with E-state index in [1.807, 2.05) is 0 Å². The number of nitrogens with one attached hydrogen (secondary N) is 1. The molecule has 0 aromatic heterocycles. The van der Waals surface area contributed by atoms with Crippen LogP contribution >= 0.6 is 0 Å². The van der Waals surface area contributed by atoms with Crippen molar-refractivity contribution in [1.82, 2.24) is 5.32 Å². The van der Waals surface area contributed by atoms with Gasteiger partial charge >= 0.3 is 0 Å². The number of benzene rings is 1. The Labute approximate surface area is 99.6 Å². The lowest BCUT2D eigenvalue weighted by atomic mass is 10.1. The zero-order valence-corrected chi connectivity index (χ0v) is 11.1. The van der Waals surface area contributed by atoms with Gasteiger partial charge in [0.25, 0.3) is 0 Å². The average Bonchev–Trinajstić information content (AvgIpc) is 2.17. The molecule has 0 atom stereocenters. The fourth-order valence-corrected chi connectivity index (χ4v) is 1.43. The average molecular weight is 217 g/mol. The van der Waals surface area contributed by atoms with E-state index < -0.39 is 0 Å². The standard InChI is InChI=1S/C15H23N/c1-12-8-9-14(11-13(12)2)7-6-10-16-15(3,4)5/h6-9,11,16H,10H2,1-5H3. The molecule has 1 rings (SSSR count). The third kappa shape index (κ3) is 4.63. The summed E-state index contributed by atoms with van der Waals surface area (Å²) in [5.41, 5.74) is 4.17. The van der Waals surface area contributed by atoms with Crippen molar-refractivity contribution in [3.05, 3.63) is 41.0 Å². The van der Waals surface area contributed by atoms with E-state index in [2.05, 4.69) is 70.3 Å². The molecule has 0 amide bonds. The lowest BCUT2D eigenvalue weighted by Crippen LogP contribution is -2.35. The van der Waals surface area contributed by atoms with Crippen molar-refractivity contribution in [1.29, 1.82) is 0 Å². The Balaban J connectivity index is 2.53. The van der Waals surface area contributed by atoms with Crippen LogP contribution in [0.25, 0.3) is 6.08 Å². The lowest BCUT2D eigenvalue weighted by molar-refractivity contribution is 0.450. The molecular weight excluding hydrogens is 194 g/mol. The first-order valence-electron chi connectivity index (χ1n) is 5.87. The minimum Gasteiger partial charge on any atom is -0.309 e. The van der Waals surface area contributed by atoms with Crippen LogP contribution in [0.15, 0.2) is 24.3 Å². The topological polar surface area (TPSA) is 12.0 Å². The molecule has 1 aromatic rings. The van der Waals surface area contributed by atoms with Crippen molar-refractivity contribution in [3.63, 3.8) is 0 Å². The highest BCUT2D eigenvalue weighted by molar-refractivity contribution is 5.51. The number of hydrogen-bond acceptors (Lipinski definition) is 1. The second-order valence-corrected chi connectivity index (χ2v) is 5.38. The van der Waals surface area contributed by atoms with Gasteiger partial charge in [-0.3, -0.25) is 0 Å². The molecule has 1 aromatic carbocycles. The van der Waals surface area contributed by atoms with E-state index in [9.17, 15) is 0 Å². The van der Waals surface area contributed by atoms with Crippen molar-refractivity contribution in [3.8, 4) is 0 Å². The van der Waals surface area contributed by atoms with Crippen LogP contribution in [0, 0.1) is 13.8 Å². The van der Waals surface area contributed by atoms with Gasteiger partial charge in [-0.15, -0.1) is 0 Å². The maximum atomic E-state index is 3.43. The summed E-state index contributed by atoms with van der Waals surface area (Å²) in [6, 6.07) is 6.56. The fraction of sp³-hybridized carbons (Fsp3) is 0.467. The smallest absolute Gasteiger partial charge is 0.0143 e. The first kappa shape index (κ1) is 13.0. The highest BCUT2D eigenvalue weighted by Gasteiger charge is 2.05. The Morgan fingerprint density at radius 3 is 2.38 bits per heavy atom. The predicted molar refractivity (Wildman–Crippen MR) is 72.7 cm³/mol. The van der Waals surface area contributed by atoms with E-state index in [1.54, 1.807) is 0 Å². The number of rotatable bonds is 3. The van der Waals surface area contributed by atoms with Crippen LogP contribution in [-0.2, 0) is 0 Å². The van der Waals surface area contributed by atoms with Gasteiger partial charge in [0.05, 0.1) is 0 Å². The molecule has 88 valence electrons. The molecule has 0 saturated heterocycles. The maximum absolute atomic E-state index is 3.43. The third-order valence-corrected chi connectivity index (χ3v) is 2.59. The van der Waals surface area contributed by atoms with Gasteiger partial charge in [0.15, 0.2) is 0 Å². The highest BCUT2D eigenvalue weighted by atomic mass is 14.9. The highest BCUT2D eigenvalue weighted by Crippen LogP contribution is 2.10. The summed E-state index contributed by atoms with van der Waals surface area (Å²) in [5.74, 6) is 0. The van der Waals surface area contributed by atoms with Gasteiger partial charge in [0.2, 0.25) is 0 Å². The van der Waals surface area contributed by atoms with E-state index in [4.69, 9.17) is 0 Å². The Morgan fingerprint density at radius 2 is 1.81 bits per heavy atom. The third-order valence-electron chi connectivity index (χ3n) is 2.59. The van der Waals surface area contributed by atoms with Crippen LogP contribution in [-0.4, -0.2) is 12.1 Å². The Kier molecular flexibility index (Phi) is 4.31. The van der Waals surface area contributed by atoms with Crippen molar-refractivity contribution < 1.29 is 0 Å². The number of aryl methyl sites for hydroxylation is 2. The molecule has 0 radical (unpaired) electrons. The normalized spacial score (nSPS) is 12.3. The van der Waals surface area contributed by atoms with Crippen molar-refractivity contribution in [2.45, 2.75) is 40.2 Å². The minimum atomic E-state index is 0.188. The van der Waals surface area contributed by atoms with E-state index >= 15 is 0 Å². The summed E-state index contributed by atoms with van der Waals surface area (Å²) in [7, 11) is 0. The maximum Gasteiger partial charge on any atom is 0.0143 e. The monoisotopic (exact) mass is 217 g/mol. The van der Waals surface area contributed by atoms with Crippen LogP contribution in [0.3, 0.4) is 0 Å². The van der Waals surface area contributed by atoms with Gasteiger partial charge in [-0.1, -0.05) is 30.4 Å². The quantitative estimate of drug-likeness (QED) is 0.814. The largest absolute Gasteiger partial charge is 0.309 e. The first-order valence-corrected chi connectivity index (χ1v) is 5.87. The van der Waals surface area contributed by atoms with Crippen LogP contribution in [0.4, 0.5) is 0 Å². The molecule has 0 aliphatic carbocycles. The summed E-state index contributed by atoms with van der Waals surface area (Å²) in [4.78, 5) is 0. The second-order valence-electron chi connectivity index (χ2n) is 5.38. The summed E-state index contributed by atoms with van der Waals surface area (Å²) < 4.78 is 0. The fourth-order valence-electron chi connectivity index (χ4n) is 1.43. The van der Waals surface area contributed by atoms with E-state index in [1.165, 1.54) is 16.7 Å². The van der Waals surface area contributed by atoms with Gasteiger partial charge in [0, 0.05) is 12.1 Å². The molecule has 0 unspecified atom stereocenters. The first-order chi connectivity index (χ1) is 7.38. The molecule has 1 heteroatoms. The predicted octanol–water partition coefficient (Wildman–Crippen LogP) is 3.70. The molecule has 1 N–H and O–H groups in total. The Hall–Kier alpha value is -1.08. The molecule has 0 aliphatic heterocycles. The summed E-state index contributed by atoms with van der Waals surface area (Å²) in [5, 5.41) is 3.43. The van der Waals surface area contributed by atoms with Crippen LogP contribution < -0.4 is 5.32 Å². The van der Waals surface area contributed by atoms with E-state index in [-0.39, 0.29) is 5.54 Å². The van der Waals surface area contributed by atoms with Crippen LogP contribution in [0.2, 0.25) is 0 Å². The van der Waals surface area contributed by atoms with Gasteiger partial charge < -0.3 is 5.32 Å². The molecule has 0 bridgehead atoms. The van der Waals surface area contributed by atoms with Crippen molar-refractivity contribution >= 4 is 6.08 Å². The second kappa shape index (κ2) is 5.31. The van der Waals surface area contributed by atoms with Gasteiger partial charge in [-0.2, -0.15) is 0 Å². The van der Waals surface area contributed by atoms with Crippen LogP contribution in [0.1, 0.15) is 37.5 Å². The minimum absolute atomic E-state index is 0.188. The zero-order chi connectivity index (χ0) is 12.2. The molecule has 0 spiro atoms. The summed E-state index contributed by atoms with van der Waals surface area (Å²) in [6.07, 6.45) is 4.35. The molecule has 16 heavy (non-hydrogen) atoms. The zero-order valence-electron chi connectivity index (χ0n) is 11.1. The molecule has 0 saturated carbocycles. The SMILES string of the molecule is Cc1ccc(C=CCNC(C)(C)C)cc1C. The molecule has 1 nitrogen and oxygen atoms in total. The van der Waals surface area contributed by atoms with Crippen LogP contribution in [0.5, 0.6) is 0 Å². The van der Waals surface area contributed by atoms with E-state index in [0.29, 0.717) is 0 Å². The van der Waals surface area contributed by atoms with Gasteiger partial charge in [-0.25, -0.2) is 0 Å². The number of hydrogen-bond donors (Lipinski definition) is 1. The van der Waals surface area contributed by atoms with Crippen molar-refractivity contribution in [2.24, 2.45) is 0 Å². The lowest BCUT2D eigenvalue weighted by Gasteiger charge is -2.18. The molecular formula is C15H23N. The Morgan fingerprint density at radius 1 is 1.12 bits per heavy atom. The van der Waals surface area contributed by atoms with Gasteiger partial charge in [0.1, 0.15) is 0 Å². The van der Waals surface area contributed by atoms with E-state index in [0.717, 1.165) is 6.54 Å². The summed E-state index contributed by atoms with van der Waals surface area (Å²) >= 11 is 0. The molecule has 0 aliphatic rings. The Bertz CT molecular complexity index is 370. The van der Waals surface area contributed by atoms with Gasteiger partial charge in [-0.05, 0) is 51.3 Å². The molecule has 0 heterocycles. The molecule has 0 fully saturated rings. The van der Waals surface area contributed by atoms with Crippen molar-refractivity contribution in [2.75, 3.05) is 6.54 Å². The summed E-state index contributed by atoms with van der Waals surface area (Å²) in [6.45, 7) is 11.7.